The van der Waals surface area contributed by atoms with Gasteiger partial charge in [-0.1, -0.05) is 6.92 Å². The minimum atomic E-state index is -1.75. The summed E-state index contributed by atoms with van der Waals surface area (Å²) in [7, 11) is 0. The third-order valence-electron chi connectivity index (χ3n) is 1.33. The lowest BCUT2D eigenvalue weighted by molar-refractivity contribution is -0.507. The molecule has 1 N–H and O–H groups in total. The molecule has 0 aliphatic carbocycles. The Morgan fingerprint density at radius 1 is 1.58 bits per heavy atom. The van der Waals surface area contributed by atoms with Crippen LogP contribution in [0.4, 0.5) is 0 Å². The average Bonchev–Trinajstić information content (AvgIpc) is 1.98. The first-order chi connectivity index (χ1) is 5.50. The summed E-state index contributed by atoms with van der Waals surface area (Å²) in [4.78, 5) is 30.0. The second kappa shape index (κ2) is 4.42. The number of nitro groups is 1. The van der Waals surface area contributed by atoms with Gasteiger partial charge in [0.25, 0.3) is 6.04 Å². The predicted molar refractivity (Wildman–Crippen MR) is 38.3 cm³/mol. The molecular weight excluding hydrogens is 166 g/mol. The molecule has 0 aromatic rings. The highest BCUT2D eigenvalue weighted by atomic mass is 16.6. The van der Waals surface area contributed by atoms with Crippen molar-refractivity contribution in [3.05, 3.63) is 10.1 Å². The Kier molecular flexibility index (Phi) is 3.89. The Labute approximate surface area is 68.3 Å². The van der Waals surface area contributed by atoms with Gasteiger partial charge < -0.3 is 5.11 Å². The lowest BCUT2D eigenvalue weighted by Crippen LogP contribution is -2.34. The lowest BCUT2D eigenvalue weighted by atomic mass is 10.1. The Morgan fingerprint density at radius 3 is 2.33 bits per heavy atom. The molecule has 6 nitrogen and oxygen atoms in total. The molecule has 0 fully saturated rings. The van der Waals surface area contributed by atoms with E-state index in [0.29, 0.717) is 6.42 Å². The quantitative estimate of drug-likeness (QED) is 0.362. The van der Waals surface area contributed by atoms with Gasteiger partial charge >= 0.3 is 11.8 Å². The molecule has 1 unspecified atom stereocenters. The number of aliphatic carboxylic acids is 1. The number of carbonyl (C=O) groups is 2. The molecule has 0 aromatic carbocycles. The molecule has 0 heterocycles. The summed E-state index contributed by atoms with van der Waals surface area (Å²) in [5.74, 6) is -3.09. The van der Waals surface area contributed by atoms with Crippen molar-refractivity contribution in [1.82, 2.24) is 0 Å². The second-order valence-corrected chi connectivity index (χ2v) is 2.26. The zero-order valence-corrected chi connectivity index (χ0v) is 6.52. The molecule has 0 spiro atoms. The van der Waals surface area contributed by atoms with Crippen LogP contribution in [0.1, 0.15) is 19.8 Å². The normalized spacial score (nSPS) is 12.1. The van der Waals surface area contributed by atoms with Gasteiger partial charge in [0.05, 0.1) is 0 Å². The van der Waals surface area contributed by atoms with Gasteiger partial charge in [0.1, 0.15) is 0 Å². The number of Topliss-reactive ketones (excluding diaryl/α,β-unsaturated/α-hetero) is 1. The first-order valence-electron chi connectivity index (χ1n) is 3.41. The van der Waals surface area contributed by atoms with Gasteiger partial charge in [-0.25, -0.2) is 4.79 Å². The molecule has 0 saturated heterocycles. The maximum Gasteiger partial charge on any atom is 0.379 e. The van der Waals surface area contributed by atoms with Crippen molar-refractivity contribution in [2.75, 3.05) is 0 Å². The van der Waals surface area contributed by atoms with Crippen molar-refractivity contribution in [3.8, 4) is 0 Å². The molecule has 0 amide bonds. The Hall–Kier alpha value is -1.46. The molecule has 0 aromatic heterocycles. The molecule has 1 atom stereocenters. The molecule has 0 radical (unpaired) electrons. The third kappa shape index (κ3) is 2.65. The fourth-order valence-corrected chi connectivity index (χ4v) is 0.748. The van der Waals surface area contributed by atoms with Crippen LogP contribution in [-0.2, 0) is 9.59 Å². The first-order valence-corrected chi connectivity index (χ1v) is 3.41. The molecule has 0 rings (SSSR count). The summed E-state index contributed by atoms with van der Waals surface area (Å²) in [5.41, 5.74) is 0. The standard InChI is InChI=1S/C6H9NO5/c1-2-3-4(7(11)12)5(8)6(9)10/h4H,2-3H2,1H3,(H,9,10). The van der Waals surface area contributed by atoms with Crippen molar-refractivity contribution in [1.29, 1.82) is 0 Å². The van der Waals surface area contributed by atoms with Crippen LogP contribution < -0.4 is 0 Å². The van der Waals surface area contributed by atoms with Crippen LogP contribution in [-0.4, -0.2) is 27.8 Å². The summed E-state index contributed by atoms with van der Waals surface area (Å²) >= 11 is 0. The van der Waals surface area contributed by atoms with E-state index >= 15 is 0 Å². The molecule has 12 heavy (non-hydrogen) atoms. The fraction of sp³-hybridized carbons (Fsp3) is 0.667. The minimum Gasteiger partial charge on any atom is -0.475 e. The number of rotatable bonds is 5. The highest BCUT2D eigenvalue weighted by molar-refractivity contribution is 6.34. The van der Waals surface area contributed by atoms with Gasteiger partial charge in [-0.15, -0.1) is 0 Å². The molecule has 0 saturated carbocycles. The van der Waals surface area contributed by atoms with E-state index in [1.807, 2.05) is 0 Å². The molecule has 68 valence electrons. The van der Waals surface area contributed by atoms with Crippen molar-refractivity contribution in [3.63, 3.8) is 0 Å². The van der Waals surface area contributed by atoms with Crippen molar-refractivity contribution in [2.24, 2.45) is 0 Å². The smallest absolute Gasteiger partial charge is 0.379 e. The van der Waals surface area contributed by atoms with Gasteiger partial charge in [0, 0.05) is 11.3 Å². The average molecular weight is 175 g/mol. The van der Waals surface area contributed by atoms with Gasteiger partial charge in [-0.3, -0.25) is 14.9 Å². The minimum absolute atomic E-state index is 0.0296. The monoisotopic (exact) mass is 175 g/mol. The maximum absolute atomic E-state index is 10.6. The molecule has 0 aliphatic heterocycles. The predicted octanol–water partition coefficient (Wildman–Crippen LogP) is 0.0855. The molecule has 0 bridgehead atoms. The van der Waals surface area contributed by atoms with Crippen LogP contribution >= 0.6 is 0 Å². The van der Waals surface area contributed by atoms with Crippen LogP contribution in [0.15, 0.2) is 0 Å². The van der Waals surface area contributed by atoms with Crippen molar-refractivity contribution in [2.45, 2.75) is 25.8 Å². The molecular formula is C6H9NO5. The van der Waals surface area contributed by atoms with E-state index in [4.69, 9.17) is 5.11 Å². The third-order valence-corrected chi connectivity index (χ3v) is 1.33. The summed E-state index contributed by atoms with van der Waals surface area (Å²) in [6.07, 6.45) is 0.378. The Morgan fingerprint density at radius 2 is 2.08 bits per heavy atom. The first kappa shape index (κ1) is 10.5. The number of hydrogen-bond acceptors (Lipinski definition) is 4. The van der Waals surface area contributed by atoms with Crippen molar-refractivity contribution >= 4 is 11.8 Å². The van der Waals surface area contributed by atoms with Crippen molar-refractivity contribution < 1.29 is 19.6 Å². The second-order valence-electron chi connectivity index (χ2n) is 2.26. The van der Waals surface area contributed by atoms with Crippen LogP contribution in [0, 0.1) is 10.1 Å². The number of carboxylic acid groups (broad SMARTS) is 1. The van der Waals surface area contributed by atoms with Gasteiger partial charge in [-0.05, 0) is 6.42 Å². The van der Waals surface area contributed by atoms with E-state index in [1.165, 1.54) is 0 Å². The van der Waals surface area contributed by atoms with Crippen LogP contribution in [0.3, 0.4) is 0 Å². The zero-order chi connectivity index (χ0) is 9.72. The van der Waals surface area contributed by atoms with E-state index in [1.54, 1.807) is 6.92 Å². The van der Waals surface area contributed by atoms with Gasteiger partial charge in [-0.2, -0.15) is 0 Å². The fourth-order valence-electron chi connectivity index (χ4n) is 0.748. The van der Waals surface area contributed by atoms with Crippen LogP contribution in [0.5, 0.6) is 0 Å². The van der Waals surface area contributed by atoms with Gasteiger partial charge in [0.15, 0.2) is 0 Å². The van der Waals surface area contributed by atoms with Crippen LogP contribution in [0.25, 0.3) is 0 Å². The van der Waals surface area contributed by atoms with E-state index in [0.717, 1.165) is 0 Å². The number of carbonyl (C=O) groups excluding carboxylic acids is 1. The number of nitrogens with zero attached hydrogens (tertiary/aromatic N) is 1. The van der Waals surface area contributed by atoms with E-state index in [2.05, 4.69) is 0 Å². The number of carboxylic acids is 1. The van der Waals surface area contributed by atoms with Gasteiger partial charge in [0.2, 0.25) is 0 Å². The largest absolute Gasteiger partial charge is 0.475 e. The molecule has 6 heteroatoms. The number of hydrogen-bond donors (Lipinski definition) is 1. The van der Waals surface area contributed by atoms with E-state index < -0.39 is 22.7 Å². The summed E-state index contributed by atoms with van der Waals surface area (Å²) in [5, 5.41) is 18.3. The molecule has 0 aliphatic rings. The topological polar surface area (TPSA) is 97.5 Å². The Bertz CT molecular complexity index is 212. The summed E-state index contributed by atoms with van der Waals surface area (Å²) in [6.45, 7) is 1.64. The summed E-state index contributed by atoms with van der Waals surface area (Å²) in [6, 6.07) is -1.59. The van der Waals surface area contributed by atoms with E-state index in [9.17, 15) is 19.7 Å². The SMILES string of the molecule is CCCC(C(=O)C(=O)O)[N+](=O)[O-]. The van der Waals surface area contributed by atoms with E-state index in [-0.39, 0.29) is 6.42 Å². The van der Waals surface area contributed by atoms with Crippen LogP contribution in [0.2, 0.25) is 0 Å². The number of ketones is 1. The summed E-state index contributed by atoms with van der Waals surface area (Å²) < 4.78 is 0. The highest BCUT2D eigenvalue weighted by Crippen LogP contribution is 2.02. The zero-order valence-electron chi connectivity index (χ0n) is 6.52. The Balaban J connectivity index is 4.40. The highest BCUT2D eigenvalue weighted by Gasteiger charge is 2.33. The maximum atomic E-state index is 10.6. The lowest BCUT2D eigenvalue weighted by Gasteiger charge is -2.02.